The zero-order valence-electron chi connectivity index (χ0n) is 15.1. The Morgan fingerprint density at radius 1 is 1.09 bits per heavy atom. The smallest absolute Gasteiger partial charge is 0.222 e. The van der Waals surface area contributed by atoms with E-state index in [2.05, 4.69) is 54.8 Å². The number of nitrogens with zero attached hydrogens (tertiary/aromatic N) is 2. The Hall–Kier alpha value is -1.51. The molecule has 1 atom stereocenters. The van der Waals surface area contributed by atoms with Crippen LogP contribution >= 0.6 is 0 Å². The molecule has 0 bridgehead atoms. The third-order valence-electron chi connectivity index (χ3n) is 4.84. The summed E-state index contributed by atoms with van der Waals surface area (Å²) in [6.07, 6.45) is 6.78. The van der Waals surface area contributed by atoms with Gasteiger partial charge in [-0.25, -0.2) is 0 Å². The van der Waals surface area contributed by atoms with Crippen molar-refractivity contribution in [3.8, 4) is 0 Å². The summed E-state index contributed by atoms with van der Waals surface area (Å²) in [6, 6.07) is 9.09. The zero-order valence-corrected chi connectivity index (χ0v) is 15.1. The van der Waals surface area contributed by atoms with Crippen LogP contribution in [0, 0.1) is 6.92 Å². The van der Waals surface area contributed by atoms with Crippen LogP contribution in [0.5, 0.6) is 0 Å². The van der Waals surface area contributed by atoms with Crippen LogP contribution < -0.4 is 4.90 Å². The predicted octanol–water partition coefficient (Wildman–Crippen LogP) is 4.39. The van der Waals surface area contributed by atoms with Crippen molar-refractivity contribution >= 4 is 11.6 Å². The predicted molar refractivity (Wildman–Crippen MR) is 97.9 cm³/mol. The number of carbonyl (C=O) groups excluding carboxylic acids is 1. The highest BCUT2D eigenvalue weighted by molar-refractivity contribution is 5.76. The monoisotopic (exact) mass is 316 g/mol. The quantitative estimate of drug-likeness (QED) is 0.696. The number of hydrogen-bond donors (Lipinski definition) is 0. The average Bonchev–Trinajstić information content (AvgIpc) is 2.55. The summed E-state index contributed by atoms with van der Waals surface area (Å²) < 4.78 is 0. The van der Waals surface area contributed by atoms with Crippen molar-refractivity contribution in [2.45, 2.75) is 65.3 Å². The molecule has 3 nitrogen and oxygen atoms in total. The maximum atomic E-state index is 12.4. The van der Waals surface area contributed by atoms with E-state index >= 15 is 0 Å². The molecule has 0 N–H and O–H groups in total. The molecule has 0 aromatic heterocycles. The summed E-state index contributed by atoms with van der Waals surface area (Å²) in [5.74, 6) is 0.344. The molecular weight excluding hydrogens is 284 g/mol. The molecule has 1 aliphatic rings. The minimum atomic E-state index is 0.344. The molecule has 3 heteroatoms. The van der Waals surface area contributed by atoms with Gasteiger partial charge in [-0.2, -0.15) is 0 Å². The molecule has 1 heterocycles. The van der Waals surface area contributed by atoms with Gasteiger partial charge in [0.1, 0.15) is 0 Å². The van der Waals surface area contributed by atoms with E-state index in [4.69, 9.17) is 0 Å². The molecule has 1 amide bonds. The fourth-order valence-corrected chi connectivity index (χ4v) is 3.34. The number of benzene rings is 1. The standard InChI is InChI=1S/C20H32N2O/c1-4-5-6-7-8-9-20(23)21-14-15-22(18(3)16-21)19-12-10-17(2)11-13-19/h10-13,18H,4-9,14-16H2,1-3H3/t18-/m1/s1. The lowest BCUT2D eigenvalue weighted by atomic mass is 10.1. The summed E-state index contributed by atoms with van der Waals surface area (Å²) in [6.45, 7) is 9.20. The molecule has 0 aliphatic carbocycles. The van der Waals surface area contributed by atoms with Crippen LogP contribution in [0.3, 0.4) is 0 Å². The number of piperazine rings is 1. The molecule has 1 aromatic carbocycles. The molecule has 0 saturated carbocycles. The maximum Gasteiger partial charge on any atom is 0.222 e. The number of unbranched alkanes of at least 4 members (excludes halogenated alkanes) is 4. The number of anilines is 1. The minimum absolute atomic E-state index is 0.344. The van der Waals surface area contributed by atoms with Crippen LogP contribution in [0.1, 0.15) is 57.9 Å². The van der Waals surface area contributed by atoms with Gasteiger partial charge in [-0.05, 0) is 32.4 Å². The van der Waals surface area contributed by atoms with E-state index in [1.54, 1.807) is 0 Å². The van der Waals surface area contributed by atoms with Crippen molar-refractivity contribution in [2.24, 2.45) is 0 Å². The number of aryl methyl sites for hydroxylation is 1. The molecule has 0 unspecified atom stereocenters. The first-order valence-corrected chi connectivity index (χ1v) is 9.23. The highest BCUT2D eigenvalue weighted by atomic mass is 16.2. The second-order valence-corrected chi connectivity index (χ2v) is 6.88. The SMILES string of the molecule is CCCCCCCC(=O)N1CCN(c2ccc(C)cc2)[C@H](C)C1. The van der Waals surface area contributed by atoms with Crippen LogP contribution in [0.25, 0.3) is 0 Å². The first-order chi connectivity index (χ1) is 11.1. The Kier molecular flexibility index (Phi) is 6.94. The lowest BCUT2D eigenvalue weighted by molar-refractivity contribution is -0.132. The highest BCUT2D eigenvalue weighted by Gasteiger charge is 2.26. The number of amides is 1. The van der Waals surface area contributed by atoms with Gasteiger partial charge in [-0.1, -0.05) is 50.3 Å². The van der Waals surface area contributed by atoms with Gasteiger partial charge in [-0.15, -0.1) is 0 Å². The van der Waals surface area contributed by atoms with Gasteiger partial charge in [-0.3, -0.25) is 4.79 Å². The van der Waals surface area contributed by atoms with Crippen molar-refractivity contribution in [2.75, 3.05) is 24.5 Å². The van der Waals surface area contributed by atoms with Gasteiger partial charge in [0.25, 0.3) is 0 Å². The largest absolute Gasteiger partial charge is 0.365 e. The van der Waals surface area contributed by atoms with Crippen molar-refractivity contribution in [1.29, 1.82) is 0 Å². The Labute approximate surface area is 141 Å². The molecular formula is C20H32N2O. The van der Waals surface area contributed by atoms with Crippen molar-refractivity contribution in [3.63, 3.8) is 0 Å². The first kappa shape index (κ1) is 17.8. The Bertz CT molecular complexity index is 483. The third-order valence-corrected chi connectivity index (χ3v) is 4.84. The van der Waals surface area contributed by atoms with Gasteiger partial charge in [0.15, 0.2) is 0 Å². The van der Waals surface area contributed by atoms with Crippen LogP contribution in [-0.2, 0) is 4.79 Å². The molecule has 1 aromatic rings. The van der Waals surface area contributed by atoms with Gasteiger partial charge >= 0.3 is 0 Å². The van der Waals surface area contributed by atoms with Crippen LogP contribution in [0.4, 0.5) is 5.69 Å². The second kappa shape index (κ2) is 8.95. The van der Waals surface area contributed by atoms with Gasteiger partial charge in [0.05, 0.1) is 0 Å². The Morgan fingerprint density at radius 2 is 1.78 bits per heavy atom. The lowest BCUT2D eigenvalue weighted by Crippen LogP contribution is -2.53. The van der Waals surface area contributed by atoms with Crippen molar-refractivity contribution in [3.05, 3.63) is 29.8 Å². The average molecular weight is 316 g/mol. The van der Waals surface area contributed by atoms with E-state index in [1.165, 1.54) is 36.9 Å². The van der Waals surface area contributed by atoms with E-state index in [0.717, 1.165) is 32.5 Å². The molecule has 128 valence electrons. The summed E-state index contributed by atoms with van der Waals surface area (Å²) in [5, 5.41) is 0. The zero-order chi connectivity index (χ0) is 16.7. The molecule has 2 rings (SSSR count). The van der Waals surface area contributed by atoms with Gasteiger partial charge < -0.3 is 9.80 Å². The Balaban J connectivity index is 1.78. The van der Waals surface area contributed by atoms with Crippen LogP contribution in [-0.4, -0.2) is 36.5 Å². The first-order valence-electron chi connectivity index (χ1n) is 9.23. The van der Waals surface area contributed by atoms with Crippen LogP contribution in [0.2, 0.25) is 0 Å². The molecule has 1 aliphatic heterocycles. The maximum absolute atomic E-state index is 12.4. The molecule has 1 fully saturated rings. The summed E-state index contributed by atoms with van der Waals surface area (Å²) in [7, 11) is 0. The fourth-order valence-electron chi connectivity index (χ4n) is 3.34. The molecule has 0 spiro atoms. The molecule has 1 saturated heterocycles. The summed E-state index contributed by atoms with van der Waals surface area (Å²) in [5.41, 5.74) is 2.56. The molecule has 0 radical (unpaired) electrons. The van der Waals surface area contributed by atoms with Crippen molar-refractivity contribution < 1.29 is 4.79 Å². The van der Waals surface area contributed by atoms with E-state index in [0.29, 0.717) is 11.9 Å². The van der Waals surface area contributed by atoms with E-state index in [1.807, 2.05) is 0 Å². The minimum Gasteiger partial charge on any atom is -0.365 e. The Morgan fingerprint density at radius 3 is 2.43 bits per heavy atom. The topological polar surface area (TPSA) is 23.6 Å². The second-order valence-electron chi connectivity index (χ2n) is 6.88. The fraction of sp³-hybridized carbons (Fsp3) is 0.650. The van der Waals surface area contributed by atoms with E-state index in [9.17, 15) is 4.79 Å². The highest BCUT2D eigenvalue weighted by Crippen LogP contribution is 2.21. The summed E-state index contributed by atoms with van der Waals surface area (Å²) >= 11 is 0. The van der Waals surface area contributed by atoms with Gasteiger partial charge in [0, 0.05) is 37.8 Å². The van der Waals surface area contributed by atoms with E-state index < -0.39 is 0 Å². The summed E-state index contributed by atoms with van der Waals surface area (Å²) in [4.78, 5) is 16.9. The number of carbonyl (C=O) groups is 1. The van der Waals surface area contributed by atoms with Gasteiger partial charge in [0.2, 0.25) is 5.91 Å². The normalized spacial score (nSPS) is 18.3. The third kappa shape index (κ3) is 5.26. The number of hydrogen-bond acceptors (Lipinski definition) is 2. The van der Waals surface area contributed by atoms with E-state index in [-0.39, 0.29) is 0 Å². The van der Waals surface area contributed by atoms with Crippen molar-refractivity contribution in [1.82, 2.24) is 4.90 Å². The number of rotatable bonds is 7. The van der Waals surface area contributed by atoms with Crippen LogP contribution in [0.15, 0.2) is 24.3 Å². The molecule has 23 heavy (non-hydrogen) atoms. The lowest BCUT2D eigenvalue weighted by Gasteiger charge is -2.41.